The Labute approximate surface area is 177 Å². The lowest BCUT2D eigenvalue weighted by Gasteiger charge is -2.41. The number of hydrogen-bond donors (Lipinski definition) is 1. The quantitative estimate of drug-likeness (QED) is 0.667. The number of halogens is 2. The highest BCUT2D eigenvalue weighted by molar-refractivity contribution is 7.13. The lowest BCUT2D eigenvalue weighted by Crippen LogP contribution is -2.60. The summed E-state index contributed by atoms with van der Waals surface area (Å²) in [5, 5.41) is 9.32. The van der Waals surface area contributed by atoms with Crippen LogP contribution in [0.25, 0.3) is 16.3 Å². The van der Waals surface area contributed by atoms with Crippen LogP contribution in [0.3, 0.4) is 0 Å². The molecular weight excluding hydrogens is 408 g/mol. The fourth-order valence-electron chi connectivity index (χ4n) is 3.69. The molecule has 1 saturated heterocycles. The molecule has 9 heteroatoms. The minimum absolute atomic E-state index is 0.186. The van der Waals surface area contributed by atoms with E-state index in [1.807, 2.05) is 36.5 Å². The van der Waals surface area contributed by atoms with Gasteiger partial charge in [-0.05, 0) is 38.9 Å². The van der Waals surface area contributed by atoms with E-state index in [2.05, 4.69) is 15.4 Å². The summed E-state index contributed by atoms with van der Waals surface area (Å²) in [4.78, 5) is 18.9. The van der Waals surface area contributed by atoms with E-state index in [0.29, 0.717) is 11.6 Å². The van der Waals surface area contributed by atoms with E-state index in [1.165, 1.54) is 16.2 Å². The summed E-state index contributed by atoms with van der Waals surface area (Å²) in [6, 6.07) is 8.15. The van der Waals surface area contributed by atoms with Crippen molar-refractivity contribution in [3.63, 3.8) is 0 Å². The Balaban J connectivity index is 1.58. The maximum atomic E-state index is 14.5. The SMILES string of the molecule is CC(C)N(C(=O)c1csc(-c2cnn(-c3ccccc3)c2)n1)C1CCNCC1(F)F. The number of carbonyl (C=O) groups excluding carboxylic acids is 1. The summed E-state index contributed by atoms with van der Waals surface area (Å²) >= 11 is 1.30. The van der Waals surface area contributed by atoms with Crippen molar-refractivity contribution in [2.24, 2.45) is 0 Å². The van der Waals surface area contributed by atoms with Crippen LogP contribution in [0.2, 0.25) is 0 Å². The van der Waals surface area contributed by atoms with Crippen molar-refractivity contribution in [2.45, 2.75) is 38.3 Å². The Morgan fingerprint density at radius 2 is 2.10 bits per heavy atom. The molecule has 4 rings (SSSR count). The van der Waals surface area contributed by atoms with Gasteiger partial charge in [0.05, 0.1) is 24.5 Å². The van der Waals surface area contributed by atoms with Gasteiger partial charge in [0.25, 0.3) is 11.8 Å². The second kappa shape index (κ2) is 8.23. The van der Waals surface area contributed by atoms with Crippen LogP contribution in [0.5, 0.6) is 0 Å². The van der Waals surface area contributed by atoms with E-state index in [0.717, 1.165) is 11.3 Å². The predicted molar refractivity (Wildman–Crippen MR) is 112 cm³/mol. The van der Waals surface area contributed by atoms with Gasteiger partial charge in [0.2, 0.25) is 0 Å². The third-order valence-corrected chi connectivity index (χ3v) is 6.03. The number of alkyl halides is 2. The lowest BCUT2D eigenvalue weighted by atomic mass is 9.98. The van der Waals surface area contributed by atoms with Crippen LogP contribution in [0.4, 0.5) is 8.78 Å². The predicted octanol–water partition coefficient (Wildman–Crippen LogP) is 3.84. The maximum absolute atomic E-state index is 14.5. The number of rotatable bonds is 5. The zero-order valence-electron chi connectivity index (χ0n) is 16.8. The van der Waals surface area contributed by atoms with Gasteiger partial charge in [0, 0.05) is 23.2 Å². The standard InChI is InChI=1S/C21H23F2N5OS/c1-14(2)28(18-8-9-24-13-21(18,22)23)20(29)17-12-30-19(26-17)15-10-25-27(11-15)16-6-4-3-5-7-16/h3-7,10-12,14,18,24H,8-9,13H2,1-2H3. The molecule has 1 N–H and O–H groups in total. The van der Waals surface area contributed by atoms with Crippen molar-refractivity contribution < 1.29 is 13.6 Å². The van der Waals surface area contributed by atoms with Gasteiger partial charge in [0.15, 0.2) is 0 Å². The third kappa shape index (κ3) is 3.99. The first-order valence-corrected chi connectivity index (χ1v) is 10.7. The first-order valence-electron chi connectivity index (χ1n) is 9.84. The second-order valence-corrected chi connectivity index (χ2v) is 8.45. The van der Waals surface area contributed by atoms with Crippen molar-refractivity contribution in [2.75, 3.05) is 13.1 Å². The number of hydrogen-bond acceptors (Lipinski definition) is 5. The van der Waals surface area contributed by atoms with Crippen LogP contribution in [0.15, 0.2) is 48.1 Å². The minimum atomic E-state index is -2.98. The van der Waals surface area contributed by atoms with Crippen molar-refractivity contribution in [3.8, 4) is 16.3 Å². The molecule has 0 spiro atoms. The summed E-state index contributed by atoms with van der Waals surface area (Å²) in [6.45, 7) is 3.55. The Morgan fingerprint density at radius 1 is 1.33 bits per heavy atom. The van der Waals surface area contributed by atoms with Crippen LogP contribution in [0, 0.1) is 0 Å². The lowest BCUT2D eigenvalue weighted by molar-refractivity contribution is -0.0921. The summed E-state index contributed by atoms with van der Waals surface area (Å²) in [5.41, 5.74) is 1.87. The molecule has 0 radical (unpaired) electrons. The van der Waals surface area contributed by atoms with Crippen molar-refractivity contribution in [1.29, 1.82) is 0 Å². The molecule has 158 valence electrons. The average molecular weight is 432 g/mol. The first kappa shape index (κ1) is 20.6. The second-order valence-electron chi connectivity index (χ2n) is 7.60. The van der Waals surface area contributed by atoms with Crippen molar-refractivity contribution in [3.05, 3.63) is 53.8 Å². The van der Waals surface area contributed by atoms with E-state index >= 15 is 0 Å². The third-order valence-electron chi connectivity index (χ3n) is 5.14. The monoisotopic (exact) mass is 431 g/mol. The Morgan fingerprint density at radius 3 is 2.80 bits per heavy atom. The highest BCUT2D eigenvalue weighted by Gasteiger charge is 2.47. The van der Waals surface area contributed by atoms with Crippen LogP contribution in [0.1, 0.15) is 30.8 Å². The van der Waals surface area contributed by atoms with Crippen molar-refractivity contribution in [1.82, 2.24) is 25.0 Å². The fraction of sp³-hybridized carbons (Fsp3) is 0.381. The van der Waals surface area contributed by atoms with E-state index in [1.54, 1.807) is 30.1 Å². The summed E-state index contributed by atoms with van der Waals surface area (Å²) in [6.07, 6.45) is 3.72. The van der Waals surface area contributed by atoms with Crippen LogP contribution in [-0.4, -0.2) is 56.7 Å². The normalized spacial score (nSPS) is 18.5. The topological polar surface area (TPSA) is 63.1 Å². The first-order chi connectivity index (χ1) is 14.4. The molecule has 0 saturated carbocycles. The largest absolute Gasteiger partial charge is 0.326 e. The van der Waals surface area contributed by atoms with Crippen LogP contribution in [-0.2, 0) is 0 Å². The van der Waals surface area contributed by atoms with Gasteiger partial charge in [-0.1, -0.05) is 18.2 Å². The summed E-state index contributed by atoms with van der Waals surface area (Å²) < 4.78 is 30.7. The number of thiazole rings is 1. The fourth-order valence-corrected chi connectivity index (χ4v) is 4.46. The number of piperidine rings is 1. The number of nitrogens with zero attached hydrogens (tertiary/aromatic N) is 4. The molecule has 1 unspecified atom stereocenters. The number of para-hydroxylation sites is 1. The highest BCUT2D eigenvalue weighted by atomic mass is 32.1. The molecule has 6 nitrogen and oxygen atoms in total. The minimum Gasteiger partial charge on any atom is -0.326 e. The van der Waals surface area contributed by atoms with Crippen LogP contribution < -0.4 is 5.32 Å². The van der Waals surface area contributed by atoms with E-state index in [-0.39, 0.29) is 18.2 Å². The Hall–Kier alpha value is -2.65. The molecule has 1 aromatic carbocycles. The van der Waals surface area contributed by atoms with Crippen LogP contribution >= 0.6 is 11.3 Å². The van der Waals surface area contributed by atoms with E-state index in [4.69, 9.17) is 0 Å². The van der Waals surface area contributed by atoms with Gasteiger partial charge in [-0.3, -0.25) is 4.79 Å². The molecule has 1 aliphatic heterocycles. The molecule has 3 aromatic rings. The van der Waals surface area contributed by atoms with Crippen molar-refractivity contribution >= 4 is 17.2 Å². The molecular formula is C21H23F2N5OS. The van der Waals surface area contributed by atoms with Gasteiger partial charge in [-0.2, -0.15) is 5.10 Å². The van der Waals surface area contributed by atoms with Gasteiger partial charge >= 0.3 is 0 Å². The number of carbonyl (C=O) groups is 1. The number of nitrogens with one attached hydrogen (secondary N) is 1. The molecule has 0 bridgehead atoms. The highest BCUT2D eigenvalue weighted by Crippen LogP contribution is 2.31. The van der Waals surface area contributed by atoms with Gasteiger partial charge in [-0.25, -0.2) is 18.4 Å². The Bertz CT molecular complexity index is 1020. The van der Waals surface area contributed by atoms with Gasteiger partial charge in [0.1, 0.15) is 10.7 Å². The summed E-state index contributed by atoms with van der Waals surface area (Å²) in [7, 11) is 0. The molecule has 30 heavy (non-hydrogen) atoms. The summed E-state index contributed by atoms with van der Waals surface area (Å²) in [5.74, 6) is -3.44. The zero-order valence-corrected chi connectivity index (χ0v) is 17.6. The number of aromatic nitrogens is 3. The molecule has 2 aromatic heterocycles. The molecule has 1 aliphatic rings. The Kier molecular flexibility index (Phi) is 5.66. The molecule has 1 fully saturated rings. The van der Waals surface area contributed by atoms with Gasteiger partial charge in [-0.15, -0.1) is 11.3 Å². The molecule has 1 atom stereocenters. The maximum Gasteiger partial charge on any atom is 0.280 e. The number of amides is 1. The smallest absolute Gasteiger partial charge is 0.280 e. The van der Waals surface area contributed by atoms with E-state index in [9.17, 15) is 13.6 Å². The zero-order chi connectivity index (χ0) is 21.3. The van der Waals surface area contributed by atoms with E-state index < -0.39 is 24.4 Å². The molecule has 3 heterocycles. The molecule has 1 amide bonds. The average Bonchev–Trinajstić information content (AvgIpc) is 3.39. The van der Waals surface area contributed by atoms with Gasteiger partial charge < -0.3 is 10.2 Å². The number of benzene rings is 1. The molecule has 0 aliphatic carbocycles.